The lowest BCUT2D eigenvalue weighted by atomic mass is 10.1. The fourth-order valence-electron chi connectivity index (χ4n) is 3.33. The van der Waals surface area contributed by atoms with Crippen molar-refractivity contribution in [1.29, 1.82) is 0 Å². The molecule has 1 amide bonds. The molecule has 0 saturated carbocycles. The molecule has 3 rings (SSSR count). The van der Waals surface area contributed by atoms with Crippen LogP contribution in [-0.4, -0.2) is 32.6 Å². The number of carbonyl (C=O) groups excluding carboxylic acids is 1. The zero-order valence-electron chi connectivity index (χ0n) is 15.5. The van der Waals surface area contributed by atoms with Crippen molar-refractivity contribution in [3.05, 3.63) is 54.1 Å². The summed E-state index contributed by atoms with van der Waals surface area (Å²) in [5.41, 5.74) is 1.91. The molecule has 2 aromatic rings. The molecule has 27 heavy (non-hydrogen) atoms. The SMILES string of the molecule is CN(CCC(=O)Nc1cc(F)c(F)cc1N1CCCCC1)c1ccccc1. The number of amides is 1. The molecule has 0 atom stereocenters. The summed E-state index contributed by atoms with van der Waals surface area (Å²) in [6, 6.07) is 12.0. The molecule has 1 aliphatic rings. The molecule has 0 spiro atoms. The van der Waals surface area contributed by atoms with E-state index in [1.54, 1.807) is 0 Å². The van der Waals surface area contributed by atoms with Crippen LogP contribution in [0.5, 0.6) is 0 Å². The van der Waals surface area contributed by atoms with Crippen molar-refractivity contribution in [1.82, 2.24) is 0 Å². The molecule has 1 fully saturated rings. The van der Waals surface area contributed by atoms with Crippen LogP contribution < -0.4 is 15.1 Å². The predicted octanol–water partition coefficient (Wildman–Crippen LogP) is 4.42. The summed E-state index contributed by atoms with van der Waals surface area (Å²) in [6.07, 6.45) is 3.40. The third-order valence-electron chi connectivity index (χ3n) is 4.88. The Balaban J connectivity index is 1.67. The third kappa shape index (κ3) is 4.96. The number of anilines is 3. The lowest BCUT2D eigenvalue weighted by molar-refractivity contribution is -0.116. The number of nitrogens with one attached hydrogen (secondary N) is 1. The number of piperidine rings is 1. The first-order valence-electron chi connectivity index (χ1n) is 9.34. The van der Waals surface area contributed by atoms with Crippen LogP contribution in [0.15, 0.2) is 42.5 Å². The van der Waals surface area contributed by atoms with Gasteiger partial charge < -0.3 is 15.1 Å². The highest BCUT2D eigenvalue weighted by Gasteiger charge is 2.19. The van der Waals surface area contributed by atoms with Crippen LogP contribution in [-0.2, 0) is 4.79 Å². The van der Waals surface area contributed by atoms with Crippen molar-refractivity contribution in [2.45, 2.75) is 25.7 Å². The molecular formula is C21H25F2N3O. The van der Waals surface area contributed by atoms with Crippen LogP contribution in [0.1, 0.15) is 25.7 Å². The van der Waals surface area contributed by atoms with E-state index in [9.17, 15) is 13.6 Å². The van der Waals surface area contributed by atoms with Crippen LogP contribution in [0.4, 0.5) is 25.8 Å². The maximum Gasteiger partial charge on any atom is 0.226 e. The second-order valence-corrected chi connectivity index (χ2v) is 6.89. The second-order valence-electron chi connectivity index (χ2n) is 6.89. The maximum absolute atomic E-state index is 13.8. The average molecular weight is 373 g/mol. The lowest BCUT2D eigenvalue weighted by Gasteiger charge is -2.30. The zero-order valence-corrected chi connectivity index (χ0v) is 15.5. The predicted molar refractivity (Wildman–Crippen MR) is 105 cm³/mol. The fraction of sp³-hybridized carbons (Fsp3) is 0.381. The van der Waals surface area contributed by atoms with Crippen LogP contribution in [0, 0.1) is 11.6 Å². The zero-order chi connectivity index (χ0) is 19.2. The van der Waals surface area contributed by atoms with Gasteiger partial charge in [0.05, 0.1) is 11.4 Å². The molecule has 2 aromatic carbocycles. The molecule has 0 aromatic heterocycles. The number of carbonyl (C=O) groups is 1. The quantitative estimate of drug-likeness (QED) is 0.814. The molecule has 0 radical (unpaired) electrons. The number of halogens is 2. The topological polar surface area (TPSA) is 35.6 Å². The van der Waals surface area contributed by atoms with Crippen LogP contribution in [0.2, 0.25) is 0 Å². The standard InChI is InChI=1S/C21H25F2N3O/c1-25(16-8-4-2-5-9-16)13-10-21(27)24-19-14-17(22)18(23)15-20(19)26-11-6-3-7-12-26/h2,4-5,8-9,14-15H,3,6-7,10-13H2,1H3,(H,24,27). The van der Waals surface area contributed by atoms with Crippen LogP contribution in [0.3, 0.4) is 0 Å². The van der Waals surface area contributed by atoms with Gasteiger partial charge in [-0.3, -0.25) is 4.79 Å². The summed E-state index contributed by atoms with van der Waals surface area (Å²) >= 11 is 0. The molecule has 4 nitrogen and oxygen atoms in total. The van der Waals surface area contributed by atoms with E-state index in [-0.39, 0.29) is 12.3 Å². The van der Waals surface area contributed by atoms with E-state index in [4.69, 9.17) is 0 Å². The Hall–Kier alpha value is -2.63. The first kappa shape index (κ1) is 19.1. The number of nitrogens with zero attached hydrogens (tertiary/aromatic N) is 2. The Morgan fingerprint density at radius 2 is 1.74 bits per heavy atom. The highest BCUT2D eigenvalue weighted by molar-refractivity contribution is 5.94. The lowest BCUT2D eigenvalue weighted by Crippen LogP contribution is -2.31. The van der Waals surface area contributed by atoms with Gasteiger partial charge in [-0.15, -0.1) is 0 Å². The van der Waals surface area contributed by atoms with Crippen molar-refractivity contribution in [2.75, 3.05) is 41.8 Å². The molecule has 6 heteroatoms. The summed E-state index contributed by atoms with van der Waals surface area (Å²) in [7, 11) is 1.92. The molecular weight excluding hydrogens is 348 g/mol. The number of hydrogen-bond donors (Lipinski definition) is 1. The number of para-hydroxylation sites is 1. The second kappa shape index (κ2) is 8.84. The molecule has 0 bridgehead atoms. The summed E-state index contributed by atoms with van der Waals surface area (Å²) in [5.74, 6) is -2.06. The van der Waals surface area contributed by atoms with E-state index in [0.717, 1.165) is 44.1 Å². The number of rotatable bonds is 6. The Morgan fingerprint density at radius 1 is 1.07 bits per heavy atom. The van der Waals surface area contributed by atoms with Gasteiger partial charge in [0, 0.05) is 50.9 Å². The average Bonchev–Trinajstić information content (AvgIpc) is 2.70. The highest BCUT2D eigenvalue weighted by atomic mass is 19.2. The molecule has 1 saturated heterocycles. The van der Waals surface area contributed by atoms with E-state index in [0.29, 0.717) is 17.9 Å². The minimum absolute atomic E-state index is 0.220. The molecule has 0 unspecified atom stereocenters. The van der Waals surface area contributed by atoms with Gasteiger partial charge in [-0.2, -0.15) is 0 Å². The van der Waals surface area contributed by atoms with E-state index >= 15 is 0 Å². The van der Waals surface area contributed by atoms with E-state index in [2.05, 4.69) is 5.32 Å². The van der Waals surface area contributed by atoms with E-state index in [1.165, 1.54) is 6.07 Å². The van der Waals surface area contributed by atoms with Gasteiger partial charge >= 0.3 is 0 Å². The Bertz CT molecular complexity index is 776. The van der Waals surface area contributed by atoms with Crippen molar-refractivity contribution in [3.63, 3.8) is 0 Å². The Kier molecular flexibility index (Phi) is 6.27. The maximum atomic E-state index is 13.8. The minimum Gasteiger partial charge on any atom is -0.374 e. The first-order chi connectivity index (χ1) is 13.0. The smallest absolute Gasteiger partial charge is 0.226 e. The Morgan fingerprint density at radius 3 is 2.44 bits per heavy atom. The summed E-state index contributed by atoms with van der Waals surface area (Å²) in [6.45, 7) is 2.09. The summed E-state index contributed by atoms with van der Waals surface area (Å²) in [4.78, 5) is 16.4. The normalized spacial score (nSPS) is 14.1. The molecule has 1 heterocycles. The van der Waals surface area contributed by atoms with Gasteiger partial charge in [-0.1, -0.05) is 18.2 Å². The van der Waals surface area contributed by atoms with Crippen molar-refractivity contribution in [3.8, 4) is 0 Å². The van der Waals surface area contributed by atoms with Crippen molar-refractivity contribution >= 4 is 23.0 Å². The molecule has 1 aliphatic heterocycles. The molecule has 1 N–H and O–H groups in total. The number of hydrogen-bond acceptors (Lipinski definition) is 3. The summed E-state index contributed by atoms with van der Waals surface area (Å²) < 4.78 is 27.5. The van der Waals surface area contributed by atoms with Crippen molar-refractivity contribution in [2.24, 2.45) is 0 Å². The first-order valence-corrected chi connectivity index (χ1v) is 9.34. The molecule has 144 valence electrons. The van der Waals surface area contributed by atoms with E-state index < -0.39 is 11.6 Å². The largest absolute Gasteiger partial charge is 0.374 e. The minimum atomic E-state index is -0.951. The monoisotopic (exact) mass is 373 g/mol. The Labute approximate surface area is 158 Å². The van der Waals surface area contributed by atoms with Crippen molar-refractivity contribution < 1.29 is 13.6 Å². The van der Waals surface area contributed by atoms with Gasteiger partial charge in [0.2, 0.25) is 5.91 Å². The van der Waals surface area contributed by atoms with Gasteiger partial charge in [-0.05, 0) is 31.4 Å². The van der Waals surface area contributed by atoms with Gasteiger partial charge in [0.25, 0.3) is 0 Å². The third-order valence-corrected chi connectivity index (χ3v) is 4.88. The highest BCUT2D eigenvalue weighted by Crippen LogP contribution is 2.31. The van der Waals surface area contributed by atoms with Gasteiger partial charge in [-0.25, -0.2) is 8.78 Å². The van der Waals surface area contributed by atoms with E-state index in [1.807, 2.05) is 47.2 Å². The number of benzene rings is 2. The van der Waals surface area contributed by atoms with Gasteiger partial charge in [0.1, 0.15) is 0 Å². The van der Waals surface area contributed by atoms with Gasteiger partial charge in [0.15, 0.2) is 11.6 Å². The summed E-state index contributed by atoms with van der Waals surface area (Å²) in [5, 5.41) is 2.77. The van der Waals surface area contributed by atoms with Crippen LogP contribution in [0.25, 0.3) is 0 Å². The fourth-order valence-corrected chi connectivity index (χ4v) is 3.33. The molecule has 0 aliphatic carbocycles. The van der Waals surface area contributed by atoms with Crippen LogP contribution >= 0.6 is 0 Å².